The lowest BCUT2D eigenvalue weighted by Gasteiger charge is -2.16. The number of nitrogens with zero attached hydrogens (tertiary/aromatic N) is 3. The van der Waals surface area contributed by atoms with Crippen LogP contribution in [-0.4, -0.2) is 21.5 Å². The van der Waals surface area contributed by atoms with Crippen LogP contribution in [-0.2, 0) is 0 Å². The molecule has 1 N–H and O–H groups in total. The van der Waals surface area contributed by atoms with Crippen molar-refractivity contribution in [3.8, 4) is 11.4 Å². The average molecular weight is 394 g/mol. The first kappa shape index (κ1) is 14.7. The van der Waals surface area contributed by atoms with Crippen molar-refractivity contribution in [3.05, 3.63) is 33.8 Å². The lowest BCUT2D eigenvalue weighted by Crippen LogP contribution is -2.10. The molecular formula is C16H19IN4. The Balaban J connectivity index is 2.08. The molecule has 1 saturated carbocycles. The van der Waals surface area contributed by atoms with Gasteiger partial charge in [-0.25, -0.2) is 9.97 Å². The number of pyridine rings is 1. The second kappa shape index (κ2) is 6.68. The van der Waals surface area contributed by atoms with Gasteiger partial charge in [0.25, 0.3) is 0 Å². The van der Waals surface area contributed by atoms with Gasteiger partial charge in [-0.3, -0.25) is 4.98 Å². The maximum absolute atomic E-state index is 4.87. The quantitative estimate of drug-likeness (QED) is 0.789. The maximum atomic E-state index is 4.87. The van der Waals surface area contributed by atoms with Crippen molar-refractivity contribution in [3.63, 3.8) is 0 Å². The first-order valence-corrected chi connectivity index (χ1v) is 8.59. The molecule has 0 radical (unpaired) electrons. The van der Waals surface area contributed by atoms with Crippen LogP contribution in [0.2, 0.25) is 0 Å². The first-order chi connectivity index (χ1) is 10.3. The molecule has 2 aromatic heterocycles. The largest absolute Gasteiger partial charge is 0.369 e. The maximum Gasteiger partial charge on any atom is 0.163 e. The number of rotatable bonds is 4. The van der Waals surface area contributed by atoms with Crippen LogP contribution < -0.4 is 5.32 Å². The molecule has 3 rings (SSSR count). The predicted molar refractivity (Wildman–Crippen MR) is 93.4 cm³/mol. The Labute approximate surface area is 139 Å². The number of hydrogen-bond acceptors (Lipinski definition) is 4. The molecule has 0 aromatic carbocycles. The summed E-state index contributed by atoms with van der Waals surface area (Å²) < 4.78 is 1.17. The highest BCUT2D eigenvalue weighted by Gasteiger charge is 2.24. The van der Waals surface area contributed by atoms with Crippen LogP contribution in [0.5, 0.6) is 0 Å². The van der Waals surface area contributed by atoms with E-state index in [-0.39, 0.29) is 0 Å². The van der Waals surface area contributed by atoms with E-state index in [0.717, 1.165) is 23.8 Å². The lowest BCUT2D eigenvalue weighted by atomic mass is 10.0. The summed E-state index contributed by atoms with van der Waals surface area (Å²) in [6, 6.07) is 3.95. The van der Waals surface area contributed by atoms with Gasteiger partial charge in [0.2, 0.25) is 0 Å². The third-order valence-corrected chi connectivity index (χ3v) is 4.95. The predicted octanol–water partition coefficient (Wildman–Crippen LogP) is 4.23. The van der Waals surface area contributed by atoms with Crippen molar-refractivity contribution >= 4 is 28.4 Å². The third kappa shape index (κ3) is 3.17. The summed E-state index contributed by atoms with van der Waals surface area (Å²) in [5, 5.41) is 3.37. The molecule has 110 valence electrons. The molecule has 4 nitrogen and oxygen atoms in total. The summed E-state index contributed by atoms with van der Waals surface area (Å²) in [6.07, 6.45) is 8.71. The van der Waals surface area contributed by atoms with Gasteiger partial charge in [-0.15, -0.1) is 0 Å². The molecule has 0 spiro atoms. The van der Waals surface area contributed by atoms with Crippen molar-refractivity contribution in [2.24, 2.45) is 0 Å². The standard InChI is InChI=1S/C16H19IN4/c1-2-19-16-13(17)14(11-6-3-4-7-11)20-15(21-16)12-8-5-9-18-10-12/h5,8-11H,2-4,6-7H2,1H3,(H,19,20,21). The molecule has 0 amide bonds. The number of aromatic nitrogens is 3. The van der Waals surface area contributed by atoms with E-state index in [1.165, 1.54) is 34.9 Å². The SMILES string of the molecule is CCNc1nc(-c2cccnc2)nc(C2CCCC2)c1I. The van der Waals surface area contributed by atoms with Gasteiger partial charge >= 0.3 is 0 Å². The van der Waals surface area contributed by atoms with E-state index in [1.54, 1.807) is 6.20 Å². The van der Waals surface area contributed by atoms with Crippen molar-refractivity contribution in [2.45, 2.75) is 38.5 Å². The van der Waals surface area contributed by atoms with E-state index in [4.69, 9.17) is 9.97 Å². The number of nitrogens with one attached hydrogen (secondary N) is 1. The van der Waals surface area contributed by atoms with E-state index in [2.05, 4.69) is 39.8 Å². The molecule has 0 aliphatic heterocycles. The molecule has 21 heavy (non-hydrogen) atoms. The minimum Gasteiger partial charge on any atom is -0.369 e. The fourth-order valence-electron chi connectivity index (χ4n) is 2.84. The summed E-state index contributed by atoms with van der Waals surface area (Å²) in [7, 11) is 0. The van der Waals surface area contributed by atoms with E-state index in [1.807, 2.05) is 18.3 Å². The van der Waals surface area contributed by atoms with Crippen LogP contribution in [0.15, 0.2) is 24.5 Å². The Bertz CT molecular complexity index is 609. The zero-order valence-corrected chi connectivity index (χ0v) is 14.3. The molecule has 0 unspecified atom stereocenters. The normalized spacial score (nSPS) is 15.3. The number of anilines is 1. The molecule has 0 saturated heterocycles. The number of hydrogen-bond donors (Lipinski definition) is 1. The van der Waals surface area contributed by atoms with Crippen LogP contribution in [0.4, 0.5) is 5.82 Å². The molecule has 2 aromatic rings. The monoisotopic (exact) mass is 394 g/mol. The Kier molecular flexibility index (Phi) is 4.67. The summed E-state index contributed by atoms with van der Waals surface area (Å²) in [6.45, 7) is 2.96. The fraction of sp³-hybridized carbons (Fsp3) is 0.438. The fourth-order valence-corrected chi connectivity index (χ4v) is 3.72. The van der Waals surface area contributed by atoms with Crippen LogP contribution in [0, 0.1) is 3.57 Å². The molecular weight excluding hydrogens is 375 g/mol. The Morgan fingerprint density at radius 1 is 1.29 bits per heavy atom. The van der Waals surface area contributed by atoms with Gasteiger partial charge in [0.1, 0.15) is 5.82 Å². The van der Waals surface area contributed by atoms with E-state index in [0.29, 0.717) is 5.92 Å². The highest BCUT2D eigenvalue weighted by molar-refractivity contribution is 14.1. The highest BCUT2D eigenvalue weighted by Crippen LogP contribution is 2.37. The first-order valence-electron chi connectivity index (χ1n) is 7.51. The molecule has 1 aliphatic carbocycles. The second-order valence-corrected chi connectivity index (χ2v) is 6.43. The van der Waals surface area contributed by atoms with Crippen LogP contribution in [0.3, 0.4) is 0 Å². The van der Waals surface area contributed by atoms with Gasteiger partial charge in [-0.2, -0.15) is 0 Å². The molecule has 1 aliphatic rings. The zero-order chi connectivity index (χ0) is 14.7. The zero-order valence-electron chi connectivity index (χ0n) is 12.1. The van der Waals surface area contributed by atoms with E-state index in [9.17, 15) is 0 Å². The molecule has 0 atom stereocenters. The Morgan fingerprint density at radius 2 is 2.10 bits per heavy atom. The summed E-state index contributed by atoms with van der Waals surface area (Å²) >= 11 is 2.39. The van der Waals surface area contributed by atoms with Gasteiger partial charge in [0.05, 0.1) is 9.26 Å². The molecule has 1 fully saturated rings. The van der Waals surface area contributed by atoms with Crippen molar-refractivity contribution in [1.29, 1.82) is 0 Å². The van der Waals surface area contributed by atoms with Crippen molar-refractivity contribution in [2.75, 3.05) is 11.9 Å². The average Bonchev–Trinajstić information content (AvgIpc) is 3.04. The van der Waals surface area contributed by atoms with E-state index >= 15 is 0 Å². The van der Waals surface area contributed by atoms with Gasteiger partial charge in [0.15, 0.2) is 5.82 Å². The second-order valence-electron chi connectivity index (χ2n) is 5.35. The lowest BCUT2D eigenvalue weighted by molar-refractivity contribution is 0.690. The van der Waals surface area contributed by atoms with Crippen molar-refractivity contribution < 1.29 is 0 Å². The summed E-state index contributed by atoms with van der Waals surface area (Å²) in [4.78, 5) is 13.7. The molecule has 2 heterocycles. The molecule has 0 bridgehead atoms. The van der Waals surface area contributed by atoms with Crippen molar-refractivity contribution in [1.82, 2.24) is 15.0 Å². The Hall–Kier alpha value is -1.24. The number of halogens is 1. The Morgan fingerprint density at radius 3 is 2.76 bits per heavy atom. The summed E-state index contributed by atoms with van der Waals surface area (Å²) in [5.74, 6) is 2.31. The van der Waals surface area contributed by atoms with Crippen LogP contribution >= 0.6 is 22.6 Å². The highest BCUT2D eigenvalue weighted by atomic mass is 127. The van der Waals surface area contributed by atoms with E-state index < -0.39 is 0 Å². The van der Waals surface area contributed by atoms with Gasteiger partial charge in [-0.05, 0) is 54.5 Å². The smallest absolute Gasteiger partial charge is 0.163 e. The third-order valence-electron chi connectivity index (χ3n) is 3.88. The summed E-state index contributed by atoms with van der Waals surface area (Å²) in [5.41, 5.74) is 2.19. The minimum absolute atomic E-state index is 0.577. The topological polar surface area (TPSA) is 50.7 Å². The minimum atomic E-state index is 0.577. The van der Waals surface area contributed by atoms with Gasteiger partial charge in [-0.1, -0.05) is 12.8 Å². The van der Waals surface area contributed by atoms with Crippen LogP contribution in [0.1, 0.15) is 44.2 Å². The van der Waals surface area contributed by atoms with Gasteiger partial charge in [0, 0.05) is 30.4 Å². The molecule has 5 heteroatoms. The van der Waals surface area contributed by atoms with Gasteiger partial charge < -0.3 is 5.32 Å². The van der Waals surface area contributed by atoms with Crippen LogP contribution in [0.25, 0.3) is 11.4 Å².